The second kappa shape index (κ2) is 6.46. The molecule has 1 heterocycles. The highest BCUT2D eigenvalue weighted by Crippen LogP contribution is 2.23. The highest BCUT2D eigenvalue weighted by molar-refractivity contribution is 5.89. The smallest absolute Gasteiger partial charge is 0.338 e. The predicted molar refractivity (Wildman–Crippen MR) is 81.3 cm³/mol. The third-order valence-corrected chi connectivity index (χ3v) is 3.42. The molecule has 2 aromatic carbocycles. The minimum atomic E-state index is -2.80. The van der Waals surface area contributed by atoms with Gasteiger partial charge in [-0.1, -0.05) is 18.2 Å². The third kappa shape index (κ3) is 2.94. The lowest BCUT2D eigenvalue weighted by Gasteiger charge is -2.08. The molecule has 1 aromatic heterocycles. The van der Waals surface area contributed by atoms with Crippen LogP contribution in [0.1, 0.15) is 28.3 Å². The number of carbonyl (C=O) groups is 1. The van der Waals surface area contributed by atoms with Gasteiger partial charge in [0.25, 0.3) is 0 Å². The van der Waals surface area contributed by atoms with Gasteiger partial charge in [0.15, 0.2) is 5.82 Å². The lowest BCUT2D eigenvalue weighted by Crippen LogP contribution is -2.10. The fraction of sp³-hybridized carbons (Fsp3) is 0.118. The number of hydrogen-bond acceptors (Lipinski definition) is 4. The zero-order valence-corrected chi connectivity index (χ0v) is 12.3. The Morgan fingerprint density at radius 3 is 2.79 bits per heavy atom. The maximum atomic E-state index is 13.3. The van der Waals surface area contributed by atoms with E-state index < -0.39 is 19.1 Å². The van der Waals surface area contributed by atoms with Gasteiger partial charge in [-0.3, -0.25) is 4.57 Å². The molecule has 0 aliphatic heterocycles. The molecule has 0 bridgehead atoms. The number of alkyl halides is 2. The van der Waals surface area contributed by atoms with Crippen molar-refractivity contribution in [1.82, 2.24) is 9.55 Å². The van der Waals surface area contributed by atoms with E-state index in [9.17, 15) is 13.6 Å². The molecule has 120 valence electrons. The topological polar surface area (TPSA) is 67.9 Å². The number of fused-ring (bicyclic) bond motifs is 1. The molecule has 0 spiro atoms. The molecular formula is C17H11F2N3O2. The SMILES string of the molecule is N#Cc1cccc(C(=O)OCc2nc3ccccc3n2C(F)F)c1. The van der Waals surface area contributed by atoms with Gasteiger partial charge >= 0.3 is 12.5 Å². The molecule has 0 saturated heterocycles. The minimum absolute atomic E-state index is 0.0454. The van der Waals surface area contributed by atoms with Crippen molar-refractivity contribution in [3.05, 3.63) is 65.5 Å². The summed E-state index contributed by atoms with van der Waals surface area (Å²) in [6.45, 7) is -3.19. The van der Waals surface area contributed by atoms with E-state index in [1.54, 1.807) is 30.3 Å². The van der Waals surface area contributed by atoms with Crippen LogP contribution in [0.2, 0.25) is 0 Å². The van der Waals surface area contributed by atoms with E-state index in [0.717, 1.165) is 4.57 Å². The predicted octanol–water partition coefficient (Wildman–Crippen LogP) is 3.66. The highest BCUT2D eigenvalue weighted by Gasteiger charge is 2.19. The molecule has 0 aliphatic rings. The van der Waals surface area contributed by atoms with Gasteiger partial charge in [0, 0.05) is 0 Å². The first-order chi connectivity index (χ1) is 11.6. The first-order valence-corrected chi connectivity index (χ1v) is 7.01. The van der Waals surface area contributed by atoms with Crippen LogP contribution in [0.15, 0.2) is 48.5 Å². The number of carbonyl (C=O) groups excluding carboxylic acids is 1. The number of halogens is 2. The Kier molecular flexibility index (Phi) is 4.20. The number of ether oxygens (including phenoxy) is 1. The Balaban J connectivity index is 1.84. The average molecular weight is 327 g/mol. The van der Waals surface area contributed by atoms with Crippen molar-refractivity contribution in [3.8, 4) is 6.07 Å². The number of imidazole rings is 1. The van der Waals surface area contributed by atoms with Gasteiger partial charge in [0.1, 0.15) is 6.61 Å². The van der Waals surface area contributed by atoms with E-state index in [1.165, 1.54) is 18.2 Å². The van der Waals surface area contributed by atoms with Crippen LogP contribution in [0.3, 0.4) is 0 Å². The van der Waals surface area contributed by atoms with Gasteiger partial charge < -0.3 is 4.74 Å². The third-order valence-electron chi connectivity index (χ3n) is 3.42. The molecule has 0 unspecified atom stereocenters. The maximum absolute atomic E-state index is 13.3. The molecule has 0 fully saturated rings. The van der Waals surface area contributed by atoms with Crippen LogP contribution in [0, 0.1) is 11.3 Å². The number of nitriles is 1. The zero-order chi connectivity index (χ0) is 17.1. The van der Waals surface area contributed by atoms with Crippen LogP contribution in [0.5, 0.6) is 0 Å². The number of aromatic nitrogens is 2. The lowest BCUT2D eigenvalue weighted by atomic mass is 10.1. The van der Waals surface area contributed by atoms with E-state index in [1.807, 2.05) is 6.07 Å². The molecule has 3 rings (SSSR count). The number of benzene rings is 2. The van der Waals surface area contributed by atoms with Crippen molar-refractivity contribution < 1.29 is 18.3 Å². The fourth-order valence-corrected chi connectivity index (χ4v) is 2.34. The second-order valence-corrected chi connectivity index (χ2v) is 4.93. The molecule has 0 amide bonds. The Labute approximate surface area is 135 Å². The Morgan fingerprint density at radius 1 is 1.25 bits per heavy atom. The summed E-state index contributed by atoms with van der Waals surface area (Å²) in [6, 6.07) is 14.3. The number of esters is 1. The highest BCUT2D eigenvalue weighted by atomic mass is 19.3. The summed E-state index contributed by atoms with van der Waals surface area (Å²) in [6.07, 6.45) is 0. The second-order valence-electron chi connectivity index (χ2n) is 4.93. The number of nitrogens with zero attached hydrogens (tertiary/aromatic N) is 3. The molecule has 0 radical (unpaired) electrons. The minimum Gasteiger partial charge on any atom is -0.454 e. The van der Waals surface area contributed by atoms with E-state index in [0.29, 0.717) is 11.1 Å². The van der Waals surface area contributed by atoms with Crippen molar-refractivity contribution >= 4 is 17.0 Å². The summed E-state index contributed by atoms with van der Waals surface area (Å²) in [5.74, 6) is -0.754. The standard InChI is InChI=1S/C17H11F2N3O2/c18-17(19)22-14-7-2-1-6-13(14)21-15(22)10-24-16(23)12-5-3-4-11(8-12)9-20/h1-8,17H,10H2. The monoisotopic (exact) mass is 327 g/mol. The summed E-state index contributed by atoms with van der Waals surface area (Å²) in [4.78, 5) is 16.1. The van der Waals surface area contributed by atoms with Gasteiger partial charge in [-0.15, -0.1) is 0 Å². The van der Waals surface area contributed by atoms with Crippen molar-refractivity contribution in [3.63, 3.8) is 0 Å². The first kappa shape index (κ1) is 15.6. The molecule has 5 nitrogen and oxygen atoms in total. The quantitative estimate of drug-likeness (QED) is 0.686. The molecular weight excluding hydrogens is 316 g/mol. The first-order valence-electron chi connectivity index (χ1n) is 7.01. The molecule has 3 aromatic rings. The molecule has 7 heteroatoms. The van der Waals surface area contributed by atoms with E-state index in [4.69, 9.17) is 10.00 Å². The fourth-order valence-electron chi connectivity index (χ4n) is 2.34. The van der Waals surface area contributed by atoms with Gasteiger partial charge in [0.2, 0.25) is 0 Å². The van der Waals surface area contributed by atoms with Crippen molar-refractivity contribution in [2.24, 2.45) is 0 Å². The van der Waals surface area contributed by atoms with Gasteiger partial charge in [-0.05, 0) is 30.3 Å². The van der Waals surface area contributed by atoms with Crippen LogP contribution in [0.25, 0.3) is 11.0 Å². The number of hydrogen-bond donors (Lipinski definition) is 0. The zero-order valence-electron chi connectivity index (χ0n) is 12.3. The van der Waals surface area contributed by atoms with E-state index >= 15 is 0 Å². The van der Waals surface area contributed by atoms with Crippen LogP contribution in [-0.4, -0.2) is 15.5 Å². The van der Waals surface area contributed by atoms with Crippen molar-refractivity contribution in [1.29, 1.82) is 5.26 Å². The van der Waals surface area contributed by atoms with Crippen LogP contribution in [-0.2, 0) is 11.3 Å². The summed E-state index contributed by atoms with van der Waals surface area (Å²) in [5, 5.41) is 8.83. The van der Waals surface area contributed by atoms with Gasteiger partial charge in [0.05, 0.1) is 28.2 Å². The van der Waals surface area contributed by atoms with Crippen LogP contribution < -0.4 is 0 Å². The Bertz CT molecular complexity index is 944. The summed E-state index contributed by atoms with van der Waals surface area (Å²) < 4.78 is 32.4. The number of para-hydroxylation sites is 2. The summed E-state index contributed by atoms with van der Waals surface area (Å²) in [5.41, 5.74) is 1.15. The molecule has 0 atom stereocenters. The van der Waals surface area contributed by atoms with Crippen molar-refractivity contribution in [2.75, 3.05) is 0 Å². The summed E-state index contributed by atoms with van der Waals surface area (Å²) in [7, 11) is 0. The normalized spacial score (nSPS) is 10.8. The van der Waals surface area contributed by atoms with Crippen molar-refractivity contribution in [2.45, 2.75) is 13.2 Å². The Hall–Kier alpha value is -3.27. The van der Waals surface area contributed by atoms with Gasteiger partial charge in [-0.2, -0.15) is 14.0 Å². The molecule has 0 N–H and O–H groups in total. The number of rotatable bonds is 4. The van der Waals surface area contributed by atoms with Gasteiger partial charge in [-0.25, -0.2) is 9.78 Å². The van der Waals surface area contributed by atoms with E-state index in [2.05, 4.69) is 4.98 Å². The molecule has 0 saturated carbocycles. The molecule has 0 aliphatic carbocycles. The largest absolute Gasteiger partial charge is 0.454 e. The van der Waals surface area contributed by atoms with E-state index in [-0.39, 0.29) is 16.9 Å². The average Bonchev–Trinajstić information content (AvgIpc) is 2.98. The van der Waals surface area contributed by atoms with Crippen LogP contribution in [0.4, 0.5) is 8.78 Å². The molecule has 24 heavy (non-hydrogen) atoms. The maximum Gasteiger partial charge on any atom is 0.338 e. The Morgan fingerprint density at radius 2 is 2.04 bits per heavy atom. The lowest BCUT2D eigenvalue weighted by molar-refractivity contribution is 0.0387. The summed E-state index contributed by atoms with van der Waals surface area (Å²) >= 11 is 0. The van der Waals surface area contributed by atoms with Crippen LogP contribution >= 0.6 is 0 Å².